The Morgan fingerprint density at radius 3 is 2.93 bits per heavy atom. The number of nitrogens with one attached hydrogen (secondary N) is 1. The lowest BCUT2D eigenvalue weighted by Gasteiger charge is -2.32. The smallest absolute Gasteiger partial charge is 0.0158 e. The molecule has 0 spiro atoms. The Hall–Kier alpha value is -0.500. The minimum Gasteiger partial charge on any atom is -0.389 e. The van der Waals surface area contributed by atoms with Crippen LogP contribution >= 0.6 is 0 Å². The summed E-state index contributed by atoms with van der Waals surface area (Å²) in [5.74, 6) is 0. The van der Waals surface area contributed by atoms with Crippen LogP contribution in [0.1, 0.15) is 39.5 Å². The van der Waals surface area contributed by atoms with Gasteiger partial charge in [0.2, 0.25) is 0 Å². The summed E-state index contributed by atoms with van der Waals surface area (Å²) in [6, 6.07) is 0.806. The first-order chi connectivity index (χ1) is 6.74. The summed E-state index contributed by atoms with van der Waals surface area (Å²) in [5, 5.41) is 3.43. The Balaban J connectivity index is 2.16. The first-order valence-electron chi connectivity index (χ1n) is 5.81. The van der Waals surface area contributed by atoms with E-state index in [-0.39, 0.29) is 0 Å². The average Bonchev–Trinajstić information content (AvgIpc) is 2.20. The van der Waals surface area contributed by atoms with Crippen molar-refractivity contribution in [3.63, 3.8) is 0 Å². The fourth-order valence-corrected chi connectivity index (χ4v) is 2.05. The lowest BCUT2D eigenvalue weighted by molar-refractivity contribution is 0.176. The van der Waals surface area contributed by atoms with Crippen molar-refractivity contribution in [3.05, 3.63) is 11.8 Å². The van der Waals surface area contributed by atoms with Crippen molar-refractivity contribution in [2.24, 2.45) is 0 Å². The molecule has 2 heteroatoms. The van der Waals surface area contributed by atoms with E-state index in [9.17, 15) is 0 Å². The van der Waals surface area contributed by atoms with Gasteiger partial charge in [0, 0.05) is 18.3 Å². The quantitative estimate of drug-likeness (QED) is 0.742. The molecule has 0 saturated carbocycles. The third-order valence-corrected chi connectivity index (χ3v) is 3.24. The van der Waals surface area contributed by atoms with Crippen molar-refractivity contribution in [1.29, 1.82) is 0 Å². The molecule has 14 heavy (non-hydrogen) atoms. The molecular formula is C12H24N2. The van der Waals surface area contributed by atoms with Crippen LogP contribution in [0.3, 0.4) is 0 Å². The van der Waals surface area contributed by atoms with Gasteiger partial charge in [-0.2, -0.15) is 0 Å². The van der Waals surface area contributed by atoms with Crippen LogP contribution in [0.5, 0.6) is 0 Å². The number of hydrogen-bond donors (Lipinski definition) is 1. The zero-order valence-corrected chi connectivity index (χ0v) is 9.84. The van der Waals surface area contributed by atoms with E-state index in [4.69, 9.17) is 0 Å². The predicted molar refractivity (Wildman–Crippen MR) is 62.3 cm³/mol. The van der Waals surface area contributed by atoms with Crippen LogP contribution in [-0.2, 0) is 0 Å². The van der Waals surface area contributed by atoms with Crippen LogP contribution in [0, 0.1) is 0 Å². The molecule has 0 amide bonds. The fourth-order valence-electron chi connectivity index (χ4n) is 2.05. The van der Waals surface area contributed by atoms with Crippen molar-refractivity contribution in [2.45, 2.75) is 45.6 Å². The van der Waals surface area contributed by atoms with Crippen LogP contribution in [0.25, 0.3) is 0 Å². The third-order valence-electron chi connectivity index (χ3n) is 3.24. The zero-order valence-electron chi connectivity index (χ0n) is 9.84. The van der Waals surface area contributed by atoms with Gasteiger partial charge in [-0.3, -0.25) is 0 Å². The molecule has 1 unspecified atom stereocenters. The average molecular weight is 196 g/mol. The molecule has 1 aliphatic heterocycles. The number of hydrogen-bond acceptors (Lipinski definition) is 2. The van der Waals surface area contributed by atoms with Crippen molar-refractivity contribution >= 4 is 0 Å². The molecule has 1 heterocycles. The van der Waals surface area contributed by atoms with Crippen LogP contribution in [0.4, 0.5) is 0 Å². The molecular weight excluding hydrogens is 172 g/mol. The van der Waals surface area contributed by atoms with E-state index in [2.05, 4.69) is 37.2 Å². The van der Waals surface area contributed by atoms with E-state index >= 15 is 0 Å². The highest BCUT2D eigenvalue weighted by atomic mass is 15.1. The summed E-state index contributed by atoms with van der Waals surface area (Å²) in [5.41, 5.74) is 1.29. The predicted octanol–water partition coefficient (Wildman–Crippen LogP) is 2.37. The molecule has 1 N–H and O–H groups in total. The second-order valence-electron chi connectivity index (χ2n) is 4.32. The molecule has 1 rings (SSSR count). The van der Waals surface area contributed by atoms with Crippen molar-refractivity contribution in [2.75, 3.05) is 20.1 Å². The third kappa shape index (κ3) is 3.70. The molecule has 0 aromatic rings. The summed E-state index contributed by atoms with van der Waals surface area (Å²) < 4.78 is 0. The minimum atomic E-state index is 0.806. The topological polar surface area (TPSA) is 15.3 Å². The maximum absolute atomic E-state index is 3.43. The molecule has 1 atom stereocenters. The van der Waals surface area contributed by atoms with Gasteiger partial charge in [0.15, 0.2) is 0 Å². The fraction of sp³-hybridized carbons (Fsp3) is 0.833. The Bertz CT molecular complexity index is 187. The van der Waals surface area contributed by atoms with Crippen LogP contribution in [0.2, 0.25) is 0 Å². The maximum Gasteiger partial charge on any atom is 0.0158 e. The maximum atomic E-state index is 3.43. The second kappa shape index (κ2) is 6.07. The van der Waals surface area contributed by atoms with E-state index in [1.807, 2.05) is 0 Å². The van der Waals surface area contributed by atoms with Gasteiger partial charge in [0.05, 0.1) is 0 Å². The molecule has 0 bridgehead atoms. The van der Waals surface area contributed by atoms with Crippen LogP contribution in [-0.4, -0.2) is 31.1 Å². The summed E-state index contributed by atoms with van der Waals surface area (Å²) >= 11 is 0. The number of likely N-dealkylation sites (tertiary alicyclic amines) is 1. The molecule has 0 aromatic heterocycles. The number of nitrogens with zero attached hydrogens (tertiary/aromatic N) is 1. The van der Waals surface area contributed by atoms with Gasteiger partial charge in [-0.1, -0.05) is 12.5 Å². The minimum absolute atomic E-state index is 0.806. The van der Waals surface area contributed by atoms with E-state index < -0.39 is 0 Å². The SMILES string of the molecule is C/C=C(\C)NCCC1CCCCN1C. The van der Waals surface area contributed by atoms with E-state index in [0.717, 1.165) is 12.6 Å². The molecule has 1 fully saturated rings. The Morgan fingerprint density at radius 2 is 2.29 bits per heavy atom. The Labute approximate surface area is 88.4 Å². The number of piperidine rings is 1. The van der Waals surface area contributed by atoms with Gasteiger partial charge in [-0.05, 0) is 46.7 Å². The second-order valence-corrected chi connectivity index (χ2v) is 4.32. The van der Waals surface area contributed by atoms with Crippen molar-refractivity contribution < 1.29 is 0 Å². The molecule has 0 aromatic carbocycles. The van der Waals surface area contributed by atoms with Crippen molar-refractivity contribution in [3.8, 4) is 0 Å². The van der Waals surface area contributed by atoms with Gasteiger partial charge in [-0.25, -0.2) is 0 Å². The van der Waals surface area contributed by atoms with E-state index in [1.165, 1.54) is 37.9 Å². The van der Waals surface area contributed by atoms with Gasteiger partial charge in [0.1, 0.15) is 0 Å². The van der Waals surface area contributed by atoms with Gasteiger partial charge >= 0.3 is 0 Å². The molecule has 0 aliphatic carbocycles. The Morgan fingerprint density at radius 1 is 1.50 bits per heavy atom. The molecule has 2 nitrogen and oxygen atoms in total. The number of allylic oxidation sites excluding steroid dienone is 2. The van der Waals surface area contributed by atoms with Gasteiger partial charge < -0.3 is 10.2 Å². The molecule has 1 saturated heterocycles. The summed E-state index contributed by atoms with van der Waals surface area (Å²) in [4.78, 5) is 2.51. The Kier molecular flexibility index (Phi) is 5.02. The first-order valence-corrected chi connectivity index (χ1v) is 5.81. The molecule has 0 radical (unpaired) electrons. The lowest BCUT2D eigenvalue weighted by Crippen LogP contribution is -2.38. The summed E-state index contributed by atoms with van der Waals surface area (Å²) in [6.07, 6.45) is 7.59. The zero-order chi connectivity index (χ0) is 10.4. The van der Waals surface area contributed by atoms with Gasteiger partial charge in [0.25, 0.3) is 0 Å². The largest absolute Gasteiger partial charge is 0.389 e. The standard InChI is InChI=1S/C12H24N2/c1-4-11(2)13-9-8-12-7-5-6-10-14(12)3/h4,12-13H,5-10H2,1-3H3/b11-4+. The number of rotatable bonds is 4. The first kappa shape index (κ1) is 11.6. The summed E-state index contributed by atoms with van der Waals surface area (Å²) in [6.45, 7) is 6.61. The van der Waals surface area contributed by atoms with Crippen molar-refractivity contribution in [1.82, 2.24) is 10.2 Å². The highest BCUT2D eigenvalue weighted by molar-refractivity contribution is 4.92. The molecule has 1 aliphatic rings. The summed E-state index contributed by atoms with van der Waals surface area (Å²) in [7, 11) is 2.26. The van der Waals surface area contributed by atoms with Gasteiger partial charge in [-0.15, -0.1) is 0 Å². The normalized spacial score (nSPS) is 25.1. The highest BCUT2D eigenvalue weighted by Gasteiger charge is 2.17. The van der Waals surface area contributed by atoms with Crippen LogP contribution in [0.15, 0.2) is 11.8 Å². The van der Waals surface area contributed by atoms with E-state index in [0.29, 0.717) is 0 Å². The van der Waals surface area contributed by atoms with Crippen LogP contribution < -0.4 is 5.32 Å². The monoisotopic (exact) mass is 196 g/mol. The van der Waals surface area contributed by atoms with E-state index in [1.54, 1.807) is 0 Å². The molecule has 82 valence electrons. The highest BCUT2D eigenvalue weighted by Crippen LogP contribution is 2.17. The lowest BCUT2D eigenvalue weighted by atomic mass is 10.0.